The van der Waals surface area contributed by atoms with Crippen molar-refractivity contribution in [3.05, 3.63) is 12.4 Å². The molecule has 0 aliphatic carbocycles. The van der Waals surface area contributed by atoms with E-state index < -0.39 is 52.8 Å². The lowest BCUT2D eigenvalue weighted by molar-refractivity contribution is -0.152. The maximum Gasteiger partial charge on any atom is 0.402 e. The van der Waals surface area contributed by atoms with Crippen molar-refractivity contribution in [3.63, 3.8) is 0 Å². The van der Waals surface area contributed by atoms with E-state index in [2.05, 4.69) is 16.1 Å². The lowest BCUT2D eigenvalue weighted by atomic mass is 10.4. The largest absolute Gasteiger partial charge is 0.460 e. The van der Waals surface area contributed by atoms with Crippen LogP contribution in [0.5, 0.6) is 0 Å². The van der Waals surface area contributed by atoms with Gasteiger partial charge in [0, 0.05) is 0 Å². The molecule has 0 saturated carbocycles. The van der Waals surface area contributed by atoms with Crippen molar-refractivity contribution in [2.75, 3.05) is 13.2 Å². The molecule has 0 aliphatic heterocycles. The van der Waals surface area contributed by atoms with E-state index in [1.54, 1.807) is 0 Å². The van der Waals surface area contributed by atoms with Gasteiger partial charge in [0.25, 0.3) is 0 Å². The van der Waals surface area contributed by atoms with Crippen LogP contribution in [0.25, 0.3) is 0 Å². The maximum absolute atomic E-state index is 12.6. The number of esters is 2. The third kappa shape index (κ3) is 6.20. The smallest absolute Gasteiger partial charge is 0.402 e. The number of hydrogen-bond donors (Lipinski definition) is 1. The minimum Gasteiger partial charge on any atom is -0.460 e. The van der Waals surface area contributed by atoms with Gasteiger partial charge in [0.2, 0.25) is 5.83 Å². The Morgan fingerprint density at radius 2 is 1.79 bits per heavy atom. The summed E-state index contributed by atoms with van der Waals surface area (Å²) in [6, 6.07) is 0. The summed E-state index contributed by atoms with van der Waals surface area (Å²) < 4.78 is 73.5. The number of ether oxygens (including phenoxy) is 2. The van der Waals surface area contributed by atoms with E-state index in [9.17, 15) is 31.2 Å². The predicted molar refractivity (Wildman–Crippen MR) is 53.3 cm³/mol. The van der Waals surface area contributed by atoms with E-state index in [1.165, 1.54) is 0 Å². The number of halogens is 3. The molecular formula is C8H9F3O7S. The molecule has 0 aliphatic rings. The topological polar surface area (TPSA) is 107 Å². The zero-order valence-corrected chi connectivity index (χ0v) is 10.1. The second kappa shape index (κ2) is 6.52. The molecule has 11 heteroatoms. The highest BCUT2D eigenvalue weighted by molar-refractivity contribution is 7.86. The predicted octanol–water partition coefficient (Wildman–Crippen LogP) is 0.427. The van der Waals surface area contributed by atoms with Crippen LogP contribution in [0.3, 0.4) is 0 Å². The van der Waals surface area contributed by atoms with Crippen molar-refractivity contribution in [3.8, 4) is 0 Å². The molecular weight excluding hydrogens is 297 g/mol. The summed E-state index contributed by atoms with van der Waals surface area (Å²) in [5, 5.41) is -4.65. The van der Waals surface area contributed by atoms with Gasteiger partial charge >= 0.3 is 27.3 Å². The molecule has 19 heavy (non-hydrogen) atoms. The van der Waals surface area contributed by atoms with Gasteiger partial charge in [-0.1, -0.05) is 6.58 Å². The van der Waals surface area contributed by atoms with Gasteiger partial charge in [-0.15, -0.1) is 0 Å². The molecule has 0 rings (SSSR count). The number of rotatable bonds is 7. The molecule has 0 atom stereocenters. The van der Waals surface area contributed by atoms with Crippen LogP contribution in [0.2, 0.25) is 0 Å². The first-order valence-corrected chi connectivity index (χ1v) is 5.93. The van der Waals surface area contributed by atoms with Crippen LogP contribution in [-0.4, -0.2) is 43.4 Å². The standard InChI is InChI=1S/C8H9F3O7S/c1-5(9)7(13)17-3-2-6(12)18-4-8(10,11)19(14,15)16/h1-4H2,(H,14,15,16). The molecule has 0 fully saturated rings. The summed E-state index contributed by atoms with van der Waals surface area (Å²) in [7, 11) is -5.70. The molecule has 7 nitrogen and oxygen atoms in total. The Bertz CT molecular complexity index is 471. The van der Waals surface area contributed by atoms with Crippen molar-refractivity contribution in [1.82, 2.24) is 0 Å². The van der Waals surface area contributed by atoms with Crippen LogP contribution >= 0.6 is 0 Å². The van der Waals surface area contributed by atoms with Crippen molar-refractivity contribution >= 4 is 22.1 Å². The van der Waals surface area contributed by atoms with Crippen LogP contribution in [0.4, 0.5) is 13.2 Å². The molecule has 0 bridgehead atoms. The monoisotopic (exact) mass is 306 g/mol. The average molecular weight is 306 g/mol. The van der Waals surface area contributed by atoms with Crippen molar-refractivity contribution in [2.24, 2.45) is 0 Å². The van der Waals surface area contributed by atoms with Gasteiger partial charge in [-0.2, -0.15) is 21.6 Å². The number of hydrogen-bond acceptors (Lipinski definition) is 6. The van der Waals surface area contributed by atoms with Crippen LogP contribution in [0.1, 0.15) is 6.42 Å². The Morgan fingerprint density at radius 3 is 2.21 bits per heavy atom. The Morgan fingerprint density at radius 1 is 1.26 bits per heavy atom. The Hall–Kier alpha value is -1.62. The van der Waals surface area contributed by atoms with E-state index in [0.29, 0.717) is 0 Å². The van der Waals surface area contributed by atoms with Crippen LogP contribution < -0.4 is 0 Å². The fraction of sp³-hybridized carbons (Fsp3) is 0.500. The van der Waals surface area contributed by atoms with Crippen molar-refractivity contribution in [2.45, 2.75) is 11.7 Å². The lowest BCUT2D eigenvalue weighted by Gasteiger charge is -2.12. The number of carbonyl (C=O) groups excluding carboxylic acids is 2. The highest BCUT2D eigenvalue weighted by Gasteiger charge is 2.45. The quantitative estimate of drug-likeness (QED) is 0.413. The van der Waals surface area contributed by atoms with Gasteiger partial charge in [-0.05, 0) is 0 Å². The van der Waals surface area contributed by atoms with Gasteiger partial charge in [0.15, 0.2) is 6.61 Å². The van der Waals surface area contributed by atoms with E-state index in [1.807, 2.05) is 0 Å². The van der Waals surface area contributed by atoms with Gasteiger partial charge in [-0.3, -0.25) is 9.35 Å². The van der Waals surface area contributed by atoms with E-state index in [-0.39, 0.29) is 0 Å². The van der Waals surface area contributed by atoms with E-state index in [4.69, 9.17) is 4.55 Å². The van der Waals surface area contributed by atoms with Crippen LogP contribution in [-0.2, 0) is 29.2 Å². The fourth-order valence-electron chi connectivity index (χ4n) is 0.617. The fourth-order valence-corrected chi connectivity index (χ4v) is 0.824. The zero-order valence-electron chi connectivity index (χ0n) is 9.27. The summed E-state index contributed by atoms with van der Waals surface area (Å²) in [6.45, 7) is 0.0344. The molecule has 1 N–H and O–H groups in total. The summed E-state index contributed by atoms with van der Waals surface area (Å²) in [5.74, 6) is -4.18. The van der Waals surface area contributed by atoms with Gasteiger partial charge in [0.05, 0.1) is 6.42 Å². The van der Waals surface area contributed by atoms with Gasteiger partial charge < -0.3 is 9.47 Å². The second-order valence-electron chi connectivity index (χ2n) is 3.06. The minimum atomic E-state index is -5.70. The highest BCUT2D eigenvalue weighted by Crippen LogP contribution is 2.20. The molecule has 0 heterocycles. The lowest BCUT2D eigenvalue weighted by Crippen LogP contribution is -2.34. The molecule has 0 saturated heterocycles. The van der Waals surface area contributed by atoms with E-state index >= 15 is 0 Å². The third-order valence-electron chi connectivity index (χ3n) is 1.54. The van der Waals surface area contributed by atoms with Crippen molar-refractivity contribution < 1.29 is 45.2 Å². The first-order valence-electron chi connectivity index (χ1n) is 4.49. The molecule has 110 valence electrons. The van der Waals surface area contributed by atoms with E-state index in [0.717, 1.165) is 0 Å². The SMILES string of the molecule is C=C(F)C(=O)OCCC(=O)OCC(F)(F)S(=O)(=O)O. The number of carbonyl (C=O) groups is 2. The van der Waals surface area contributed by atoms with Crippen molar-refractivity contribution in [1.29, 1.82) is 0 Å². The zero-order chi connectivity index (χ0) is 15.3. The molecule has 0 amide bonds. The van der Waals surface area contributed by atoms with Gasteiger partial charge in [-0.25, -0.2) is 4.79 Å². The third-order valence-corrected chi connectivity index (χ3v) is 2.41. The van der Waals surface area contributed by atoms with Gasteiger partial charge in [0.1, 0.15) is 6.61 Å². The summed E-state index contributed by atoms with van der Waals surface area (Å²) in [4.78, 5) is 21.3. The average Bonchev–Trinajstić information content (AvgIpc) is 2.24. The molecule has 0 aromatic carbocycles. The minimum absolute atomic E-state index is 0.669. The summed E-state index contributed by atoms with van der Waals surface area (Å²) >= 11 is 0. The maximum atomic E-state index is 12.6. The Kier molecular flexibility index (Phi) is 5.96. The first kappa shape index (κ1) is 17.4. The molecule has 0 spiro atoms. The second-order valence-corrected chi connectivity index (χ2v) is 4.61. The Labute approximate surface area is 105 Å². The molecule has 0 aromatic heterocycles. The van der Waals surface area contributed by atoms with Crippen LogP contribution in [0, 0.1) is 0 Å². The highest BCUT2D eigenvalue weighted by atomic mass is 32.2. The Balaban J connectivity index is 4.08. The molecule has 0 aromatic rings. The normalized spacial score (nSPS) is 11.8. The summed E-state index contributed by atoms with van der Waals surface area (Å²) in [5.41, 5.74) is 0. The van der Waals surface area contributed by atoms with Crippen LogP contribution in [0.15, 0.2) is 12.4 Å². The molecule has 0 radical (unpaired) electrons. The summed E-state index contributed by atoms with van der Waals surface area (Å²) in [6.07, 6.45) is -0.708. The number of alkyl halides is 2. The first-order chi connectivity index (χ1) is 8.47. The molecule has 0 unspecified atom stereocenters.